The number of hydrogen-bond acceptors (Lipinski definition) is 5. The first-order valence-electron chi connectivity index (χ1n) is 9.11. The van der Waals surface area contributed by atoms with Crippen molar-refractivity contribution in [3.05, 3.63) is 51.0 Å². The Morgan fingerprint density at radius 3 is 2.52 bits per heavy atom. The van der Waals surface area contributed by atoms with Crippen LogP contribution in [0.5, 0.6) is 0 Å². The molecule has 1 rings (SSSR count). The van der Waals surface area contributed by atoms with E-state index in [0.29, 0.717) is 30.7 Å². The van der Waals surface area contributed by atoms with Crippen LogP contribution in [0.2, 0.25) is 0 Å². The van der Waals surface area contributed by atoms with Crippen LogP contribution in [0, 0.1) is 28.0 Å². The van der Waals surface area contributed by atoms with Gasteiger partial charge in [0, 0.05) is 23.1 Å². The highest BCUT2D eigenvalue weighted by molar-refractivity contribution is 9.10. The van der Waals surface area contributed by atoms with E-state index in [0.717, 1.165) is 4.47 Å². The number of rotatable bonds is 11. The number of carbonyl (C=O) groups excluding carboxylic acids is 2. The number of amides is 2. The number of hydrogen-bond donors (Lipinski definition) is 5. The number of halogens is 1. The Bertz CT molecular complexity index is 711. The topological polar surface area (TPSA) is 149 Å². The van der Waals surface area contributed by atoms with Gasteiger partial charge in [0.25, 0.3) is 11.9 Å². The summed E-state index contributed by atoms with van der Waals surface area (Å²) in [5.41, 5.74) is 2.11. The van der Waals surface area contributed by atoms with Crippen LogP contribution >= 0.6 is 15.9 Å². The average molecular weight is 470 g/mol. The van der Waals surface area contributed by atoms with Gasteiger partial charge in [0.1, 0.15) is 6.04 Å². The van der Waals surface area contributed by atoms with Crippen LogP contribution in [0.25, 0.3) is 0 Å². The minimum atomic E-state index is -0.839. The molecular formula is C18H26BrN6O4. The lowest BCUT2D eigenvalue weighted by Crippen LogP contribution is -2.46. The van der Waals surface area contributed by atoms with Crippen molar-refractivity contribution in [1.29, 1.82) is 5.41 Å². The van der Waals surface area contributed by atoms with Crippen LogP contribution in [-0.4, -0.2) is 35.4 Å². The van der Waals surface area contributed by atoms with Gasteiger partial charge in [-0.3, -0.25) is 15.0 Å². The van der Waals surface area contributed by atoms with E-state index in [2.05, 4.69) is 31.9 Å². The molecule has 1 aromatic rings. The van der Waals surface area contributed by atoms with Crippen molar-refractivity contribution >= 4 is 33.7 Å². The molecule has 2 amide bonds. The first-order chi connectivity index (χ1) is 13.7. The maximum Gasteiger partial charge on any atom is 0.251 e. The number of carbonyl (C=O) groups is 2. The molecule has 1 aromatic carbocycles. The Labute approximate surface area is 178 Å². The maximum atomic E-state index is 12.5. The van der Waals surface area contributed by atoms with Gasteiger partial charge in [0.2, 0.25) is 5.91 Å². The minimum absolute atomic E-state index is 0.229. The fraction of sp³-hybridized carbons (Fsp3) is 0.444. The molecule has 5 N–H and O–H groups in total. The van der Waals surface area contributed by atoms with E-state index >= 15 is 0 Å². The summed E-state index contributed by atoms with van der Waals surface area (Å²) in [6.45, 7) is 5.94. The molecule has 10 nitrogen and oxygen atoms in total. The largest absolute Gasteiger partial charge is 0.352 e. The van der Waals surface area contributed by atoms with E-state index < -0.39 is 17.0 Å². The SMILES string of the molecule is CC(C)C[CH]NC(=O)[C@H](CCCNC(=N)N[N+](=O)[O-])NC(=O)c1ccc(Br)cc1. The standard InChI is InChI=1S/C18H26BrN6O4/c1-12(2)9-11-21-17(27)15(4-3-10-22-18(20)24-25(28)29)23-16(26)13-5-7-14(19)8-6-13/h5-8,11-12,15H,3-4,9-10H2,1-2H3,(H,21,27)(H,23,26)(H3,20,22,24)/t15-/m0/s1. The molecule has 0 aliphatic carbocycles. The lowest BCUT2D eigenvalue weighted by Gasteiger charge is -2.19. The van der Waals surface area contributed by atoms with Gasteiger partial charge >= 0.3 is 0 Å². The van der Waals surface area contributed by atoms with Crippen molar-refractivity contribution in [1.82, 2.24) is 21.4 Å². The minimum Gasteiger partial charge on any atom is -0.352 e. The van der Waals surface area contributed by atoms with E-state index in [4.69, 9.17) is 5.41 Å². The van der Waals surface area contributed by atoms with Crippen LogP contribution in [0.1, 0.15) is 43.5 Å². The highest BCUT2D eigenvalue weighted by atomic mass is 79.9. The van der Waals surface area contributed by atoms with Gasteiger partial charge in [-0.2, -0.15) is 0 Å². The zero-order valence-corrected chi connectivity index (χ0v) is 17.9. The molecule has 159 valence electrons. The third-order valence-electron chi connectivity index (χ3n) is 3.74. The smallest absolute Gasteiger partial charge is 0.251 e. The van der Waals surface area contributed by atoms with E-state index in [9.17, 15) is 19.7 Å². The summed E-state index contributed by atoms with van der Waals surface area (Å²) in [5, 5.41) is 24.7. The molecule has 0 spiro atoms. The van der Waals surface area contributed by atoms with Crippen LogP contribution in [0.4, 0.5) is 0 Å². The molecule has 0 aliphatic heterocycles. The van der Waals surface area contributed by atoms with Crippen molar-refractivity contribution in [2.24, 2.45) is 5.92 Å². The van der Waals surface area contributed by atoms with Crippen molar-refractivity contribution in [2.45, 2.75) is 39.2 Å². The predicted octanol–water partition coefficient (Wildman–Crippen LogP) is 1.96. The fourth-order valence-corrected chi connectivity index (χ4v) is 2.52. The van der Waals surface area contributed by atoms with Crippen LogP contribution in [0.3, 0.4) is 0 Å². The number of hydrazine groups is 1. The fourth-order valence-electron chi connectivity index (χ4n) is 2.26. The summed E-state index contributed by atoms with van der Waals surface area (Å²) in [6.07, 6.45) is 1.40. The molecule has 0 saturated carbocycles. The van der Waals surface area contributed by atoms with Gasteiger partial charge in [0.05, 0.1) is 0 Å². The second kappa shape index (κ2) is 12.7. The van der Waals surface area contributed by atoms with Crippen molar-refractivity contribution in [2.75, 3.05) is 6.54 Å². The Balaban J connectivity index is 2.63. The summed E-state index contributed by atoms with van der Waals surface area (Å²) in [4.78, 5) is 35.2. The molecule has 11 heteroatoms. The molecule has 0 aromatic heterocycles. The van der Waals surface area contributed by atoms with Crippen molar-refractivity contribution in [3.8, 4) is 0 Å². The second-order valence-electron chi connectivity index (χ2n) is 6.69. The van der Waals surface area contributed by atoms with Crippen LogP contribution in [0.15, 0.2) is 28.7 Å². The Morgan fingerprint density at radius 2 is 1.93 bits per heavy atom. The zero-order chi connectivity index (χ0) is 21.8. The zero-order valence-electron chi connectivity index (χ0n) is 16.3. The quantitative estimate of drug-likeness (QED) is 0.110. The highest BCUT2D eigenvalue weighted by Crippen LogP contribution is 2.11. The highest BCUT2D eigenvalue weighted by Gasteiger charge is 2.21. The second-order valence-corrected chi connectivity index (χ2v) is 7.60. The van der Waals surface area contributed by atoms with E-state index in [1.54, 1.807) is 36.2 Å². The van der Waals surface area contributed by atoms with Gasteiger partial charge < -0.3 is 16.0 Å². The molecule has 0 heterocycles. The first kappa shape index (κ1) is 24.3. The number of nitro groups is 1. The predicted molar refractivity (Wildman–Crippen MR) is 112 cm³/mol. The normalized spacial score (nSPS) is 11.4. The summed E-state index contributed by atoms with van der Waals surface area (Å²) >= 11 is 3.31. The molecule has 0 saturated heterocycles. The first-order valence-corrected chi connectivity index (χ1v) is 9.90. The molecule has 29 heavy (non-hydrogen) atoms. The van der Waals surface area contributed by atoms with Crippen molar-refractivity contribution in [3.63, 3.8) is 0 Å². The van der Waals surface area contributed by atoms with Gasteiger partial charge in [0.15, 0.2) is 5.03 Å². The Hall–Kier alpha value is -2.69. The van der Waals surface area contributed by atoms with Crippen LogP contribution < -0.4 is 21.4 Å². The number of nitrogens with one attached hydrogen (secondary N) is 5. The lowest BCUT2D eigenvalue weighted by atomic mass is 10.1. The average Bonchev–Trinajstić information content (AvgIpc) is 2.63. The molecule has 1 radical (unpaired) electrons. The molecule has 0 aliphatic rings. The summed E-state index contributed by atoms with van der Waals surface area (Å²) < 4.78 is 0.837. The summed E-state index contributed by atoms with van der Waals surface area (Å²) in [5.74, 6) is -0.776. The molecule has 0 unspecified atom stereocenters. The van der Waals surface area contributed by atoms with E-state index in [1.165, 1.54) is 0 Å². The van der Waals surface area contributed by atoms with Gasteiger partial charge in [-0.1, -0.05) is 35.2 Å². The number of nitrogens with zero attached hydrogens (tertiary/aromatic N) is 1. The van der Waals surface area contributed by atoms with Crippen LogP contribution in [-0.2, 0) is 4.79 Å². The van der Waals surface area contributed by atoms with Crippen molar-refractivity contribution < 1.29 is 14.6 Å². The third-order valence-corrected chi connectivity index (χ3v) is 4.26. The summed E-state index contributed by atoms with van der Waals surface area (Å²) in [7, 11) is 0. The third kappa shape index (κ3) is 10.4. The molecule has 1 atom stereocenters. The molecular weight excluding hydrogens is 444 g/mol. The van der Waals surface area contributed by atoms with Gasteiger partial charge in [-0.15, -0.1) is 0 Å². The summed E-state index contributed by atoms with van der Waals surface area (Å²) in [6, 6.07) is 5.97. The Morgan fingerprint density at radius 1 is 1.28 bits per heavy atom. The number of guanidine groups is 1. The molecule has 0 bridgehead atoms. The van der Waals surface area contributed by atoms with E-state index in [-0.39, 0.29) is 18.4 Å². The monoisotopic (exact) mass is 469 g/mol. The Kier molecular flexibility index (Phi) is 10.7. The molecule has 0 fully saturated rings. The number of benzene rings is 1. The maximum absolute atomic E-state index is 12.5. The van der Waals surface area contributed by atoms with Gasteiger partial charge in [-0.05, 0) is 49.4 Å². The van der Waals surface area contributed by atoms with Gasteiger partial charge in [-0.25, -0.2) is 10.1 Å². The lowest BCUT2D eigenvalue weighted by molar-refractivity contribution is -0.525. The van der Waals surface area contributed by atoms with E-state index in [1.807, 2.05) is 13.8 Å².